The Kier molecular flexibility index (Phi) is 5.87. The minimum atomic E-state index is 0.0370. The van der Waals surface area contributed by atoms with Crippen molar-refractivity contribution in [2.75, 3.05) is 11.1 Å². The average molecular weight is 303 g/mol. The van der Waals surface area contributed by atoms with Gasteiger partial charge in [0, 0.05) is 36.7 Å². The Morgan fingerprint density at radius 3 is 2.90 bits per heavy atom. The molecule has 0 bridgehead atoms. The third kappa shape index (κ3) is 4.36. The maximum atomic E-state index is 12.1. The van der Waals surface area contributed by atoms with Crippen LogP contribution in [0.2, 0.25) is 0 Å². The normalized spacial score (nSPS) is 10.6. The molecule has 0 saturated carbocycles. The third-order valence-corrected chi connectivity index (χ3v) is 4.11. The van der Waals surface area contributed by atoms with E-state index < -0.39 is 0 Å². The summed E-state index contributed by atoms with van der Waals surface area (Å²) in [5, 5.41) is 3.00. The van der Waals surface area contributed by atoms with E-state index in [0.29, 0.717) is 13.0 Å². The van der Waals surface area contributed by atoms with Crippen molar-refractivity contribution in [1.29, 1.82) is 0 Å². The summed E-state index contributed by atoms with van der Waals surface area (Å²) < 4.78 is 2.03. The van der Waals surface area contributed by atoms with Crippen LogP contribution in [0.5, 0.6) is 0 Å². The molecule has 0 saturated heterocycles. The summed E-state index contributed by atoms with van der Waals surface area (Å²) in [6.07, 6.45) is 5.04. The number of benzene rings is 1. The van der Waals surface area contributed by atoms with Crippen LogP contribution in [0.4, 0.5) is 5.69 Å². The molecule has 1 aromatic carbocycles. The number of nitrogens with zero attached hydrogens (tertiary/aromatic N) is 2. The van der Waals surface area contributed by atoms with Gasteiger partial charge in [-0.05, 0) is 17.9 Å². The molecule has 2 rings (SSSR count). The Morgan fingerprint density at radius 1 is 1.33 bits per heavy atom. The molecular formula is C16H21N3OS. The number of hydrogen-bond donors (Lipinski definition) is 1. The monoisotopic (exact) mass is 303 g/mol. The molecule has 2 aromatic rings. The van der Waals surface area contributed by atoms with Crippen LogP contribution < -0.4 is 5.32 Å². The highest BCUT2D eigenvalue weighted by Gasteiger charge is 2.08. The Hall–Kier alpha value is -1.75. The molecule has 1 N–H and O–H groups in total. The number of nitrogens with one attached hydrogen (secondary N) is 1. The van der Waals surface area contributed by atoms with Crippen molar-refractivity contribution < 1.29 is 4.79 Å². The van der Waals surface area contributed by atoms with E-state index in [1.54, 1.807) is 18.0 Å². The van der Waals surface area contributed by atoms with Crippen LogP contribution in [0.1, 0.15) is 26.1 Å². The number of thioether (sulfide) groups is 1. The number of anilines is 1. The first kappa shape index (κ1) is 15.6. The van der Waals surface area contributed by atoms with E-state index in [0.717, 1.165) is 28.6 Å². The predicted octanol–water partition coefficient (Wildman–Crippen LogP) is 3.59. The van der Waals surface area contributed by atoms with Gasteiger partial charge in [0.25, 0.3) is 0 Å². The Balaban J connectivity index is 1.93. The quantitative estimate of drug-likeness (QED) is 0.795. The number of imidazole rings is 1. The number of hydrogen-bond acceptors (Lipinski definition) is 3. The Bertz CT molecular complexity index is 595. The van der Waals surface area contributed by atoms with Gasteiger partial charge in [0.05, 0.1) is 5.69 Å². The van der Waals surface area contributed by atoms with Crippen molar-refractivity contribution in [3.63, 3.8) is 0 Å². The molecule has 0 atom stereocenters. The number of aromatic nitrogens is 2. The highest BCUT2D eigenvalue weighted by molar-refractivity contribution is 7.99. The molecule has 0 fully saturated rings. The molecule has 0 spiro atoms. The SMILES string of the molecule is CCSc1ccccc1NC(=O)CCn1ccnc1CC. The summed E-state index contributed by atoms with van der Waals surface area (Å²) in [7, 11) is 0. The van der Waals surface area contributed by atoms with Gasteiger partial charge < -0.3 is 9.88 Å². The number of aryl methyl sites for hydroxylation is 2. The van der Waals surface area contributed by atoms with Gasteiger partial charge in [0.15, 0.2) is 0 Å². The zero-order valence-corrected chi connectivity index (χ0v) is 13.3. The first-order chi connectivity index (χ1) is 10.2. The summed E-state index contributed by atoms with van der Waals surface area (Å²) in [5.74, 6) is 2.04. The third-order valence-electron chi connectivity index (χ3n) is 3.16. The standard InChI is InChI=1S/C16H21N3OS/c1-3-15-17-10-12-19(15)11-9-16(20)18-13-7-5-6-8-14(13)21-4-2/h5-8,10,12H,3-4,9,11H2,1-2H3,(H,18,20). The summed E-state index contributed by atoms with van der Waals surface area (Å²) in [6.45, 7) is 4.84. The van der Waals surface area contributed by atoms with Gasteiger partial charge in [-0.25, -0.2) is 4.98 Å². The van der Waals surface area contributed by atoms with Crippen LogP contribution >= 0.6 is 11.8 Å². The topological polar surface area (TPSA) is 46.9 Å². The van der Waals surface area contributed by atoms with Crippen LogP contribution in [0.25, 0.3) is 0 Å². The summed E-state index contributed by atoms with van der Waals surface area (Å²) >= 11 is 1.74. The molecule has 0 aliphatic carbocycles. The number of rotatable bonds is 7. The van der Waals surface area contributed by atoms with Crippen molar-refractivity contribution in [1.82, 2.24) is 9.55 Å². The smallest absolute Gasteiger partial charge is 0.226 e. The number of amides is 1. The van der Waals surface area contributed by atoms with Gasteiger partial charge in [-0.2, -0.15) is 0 Å². The molecular weight excluding hydrogens is 282 g/mol. The van der Waals surface area contributed by atoms with E-state index in [2.05, 4.69) is 24.1 Å². The first-order valence-corrected chi connectivity index (χ1v) is 8.24. The Labute approximate surface area is 130 Å². The molecule has 5 heteroatoms. The summed E-state index contributed by atoms with van der Waals surface area (Å²) in [4.78, 5) is 17.5. The van der Waals surface area contributed by atoms with Gasteiger partial charge in [-0.1, -0.05) is 26.0 Å². The van der Waals surface area contributed by atoms with E-state index in [4.69, 9.17) is 0 Å². The zero-order chi connectivity index (χ0) is 15.1. The van der Waals surface area contributed by atoms with Crippen molar-refractivity contribution in [3.05, 3.63) is 42.5 Å². The second-order valence-electron chi connectivity index (χ2n) is 4.62. The van der Waals surface area contributed by atoms with Gasteiger partial charge in [-0.15, -0.1) is 11.8 Å². The molecule has 0 aliphatic heterocycles. The van der Waals surface area contributed by atoms with Crippen molar-refractivity contribution in [2.45, 2.75) is 38.1 Å². The number of para-hydroxylation sites is 1. The molecule has 21 heavy (non-hydrogen) atoms. The van der Waals surface area contributed by atoms with Gasteiger partial charge in [-0.3, -0.25) is 4.79 Å². The molecule has 4 nitrogen and oxygen atoms in total. The van der Waals surface area contributed by atoms with E-state index in [1.807, 2.05) is 35.0 Å². The lowest BCUT2D eigenvalue weighted by Gasteiger charge is -2.11. The average Bonchev–Trinajstić information content (AvgIpc) is 2.95. The number of carbonyl (C=O) groups is 1. The van der Waals surface area contributed by atoms with Crippen LogP contribution in [0.15, 0.2) is 41.6 Å². The minimum absolute atomic E-state index is 0.0370. The molecule has 0 radical (unpaired) electrons. The fourth-order valence-corrected chi connectivity index (χ4v) is 2.90. The lowest BCUT2D eigenvalue weighted by Crippen LogP contribution is -2.15. The van der Waals surface area contributed by atoms with E-state index in [1.165, 1.54) is 0 Å². The molecule has 0 aliphatic rings. The molecule has 1 heterocycles. The van der Waals surface area contributed by atoms with Gasteiger partial charge in [0.2, 0.25) is 5.91 Å². The second-order valence-corrected chi connectivity index (χ2v) is 5.92. The highest BCUT2D eigenvalue weighted by atomic mass is 32.2. The molecule has 1 aromatic heterocycles. The molecule has 0 unspecified atom stereocenters. The lowest BCUT2D eigenvalue weighted by molar-refractivity contribution is -0.116. The van der Waals surface area contributed by atoms with Crippen LogP contribution in [0, 0.1) is 0 Å². The minimum Gasteiger partial charge on any atom is -0.334 e. The Morgan fingerprint density at radius 2 is 2.14 bits per heavy atom. The van der Waals surface area contributed by atoms with Crippen molar-refractivity contribution in [3.8, 4) is 0 Å². The van der Waals surface area contributed by atoms with E-state index in [9.17, 15) is 4.79 Å². The van der Waals surface area contributed by atoms with E-state index in [-0.39, 0.29) is 5.91 Å². The lowest BCUT2D eigenvalue weighted by atomic mass is 10.3. The fraction of sp³-hybridized carbons (Fsp3) is 0.375. The molecule has 1 amide bonds. The van der Waals surface area contributed by atoms with Gasteiger partial charge >= 0.3 is 0 Å². The van der Waals surface area contributed by atoms with E-state index >= 15 is 0 Å². The van der Waals surface area contributed by atoms with Crippen molar-refractivity contribution >= 4 is 23.4 Å². The summed E-state index contributed by atoms with van der Waals surface area (Å²) in [6, 6.07) is 7.92. The second kappa shape index (κ2) is 7.88. The maximum absolute atomic E-state index is 12.1. The van der Waals surface area contributed by atoms with Crippen molar-refractivity contribution in [2.24, 2.45) is 0 Å². The van der Waals surface area contributed by atoms with Crippen LogP contribution in [-0.2, 0) is 17.8 Å². The maximum Gasteiger partial charge on any atom is 0.226 e. The molecule has 112 valence electrons. The van der Waals surface area contributed by atoms with Gasteiger partial charge in [0.1, 0.15) is 5.82 Å². The highest BCUT2D eigenvalue weighted by Crippen LogP contribution is 2.26. The number of carbonyl (C=O) groups excluding carboxylic acids is 1. The zero-order valence-electron chi connectivity index (χ0n) is 12.5. The van der Waals surface area contributed by atoms with Crippen LogP contribution in [0.3, 0.4) is 0 Å². The predicted molar refractivity (Wildman–Crippen MR) is 87.7 cm³/mol. The van der Waals surface area contributed by atoms with Crippen LogP contribution in [-0.4, -0.2) is 21.2 Å². The first-order valence-electron chi connectivity index (χ1n) is 7.26. The summed E-state index contributed by atoms with van der Waals surface area (Å²) in [5.41, 5.74) is 0.899. The largest absolute Gasteiger partial charge is 0.334 e. The fourth-order valence-electron chi connectivity index (χ4n) is 2.14.